The van der Waals surface area contributed by atoms with Crippen molar-refractivity contribution in [1.29, 1.82) is 0 Å². The van der Waals surface area contributed by atoms with Gasteiger partial charge < -0.3 is 0 Å². The zero-order valence-corrected chi connectivity index (χ0v) is 19.1. The van der Waals surface area contributed by atoms with Gasteiger partial charge in [-0.2, -0.15) is 0 Å². The summed E-state index contributed by atoms with van der Waals surface area (Å²) in [5.41, 5.74) is 1.34. The summed E-state index contributed by atoms with van der Waals surface area (Å²) < 4.78 is 11.7. The number of benzene rings is 1. The van der Waals surface area contributed by atoms with Crippen molar-refractivity contribution in [3.05, 3.63) is 35.9 Å². The van der Waals surface area contributed by atoms with Crippen molar-refractivity contribution in [2.24, 2.45) is 0 Å². The van der Waals surface area contributed by atoms with Gasteiger partial charge in [0.25, 0.3) is 0 Å². The van der Waals surface area contributed by atoms with Crippen molar-refractivity contribution in [2.75, 3.05) is 0 Å². The molecule has 0 aliphatic heterocycles. The molecule has 1 rings (SSSR count). The summed E-state index contributed by atoms with van der Waals surface area (Å²) in [5.74, 6) is 0. The Bertz CT molecular complexity index is 439. The molecule has 0 radical (unpaired) electrons. The van der Waals surface area contributed by atoms with Gasteiger partial charge in [0.2, 0.25) is 0 Å². The first-order chi connectivity index (χ1) is 12.1. The van der Waals surface area contributed by atoms with Gasteiger partial charge in [-0.25, -0.2) is 0 Å². The second-order valence-electron chi connectivity index (χ2n) is 8.09. The maximum atomic E-state index is 11.7. The number of hydrogen-bond donors (Lipinski definition) is 1. The molecular weight excluding hydrogens is 367 g/mol. The Labute approximate surface area is 158 Å². The van der Waals surface area contributed by atoms with Crippen LogP contribution >= 0.6 is 0 Å². The van der Waals surface area contributed by atoms with Crippen LogP contribution in [-0.2, 0) is 5.21 Å². The fourth-order valence-electron chi connectivity index (χ4n) is 3.90. The van der Waals surface area contributed by atoms with Crippen LogP contribution in [0.4, 0.5) is 0 Å². The molecule has 1 nitrogen and oxygen atoms in total. The van der Waals surface area contributed by atoms with E-state index in [1.165, 1.54) is 69.8 Å². The fraction of sp³-hybridized carbons (Fsp3) is 0.739. The molecule has 0 atom stereocenters. The Balaban J connectivity index is 2.30. The van der Waals surface area contributed by atoms with Crippen LogP contribution in [-0.4, -0.2) is 16.9 Å². The van der Waals surface area contributed by atoms with Crippen LogP contribution in [0.15, 0.2) is 30.3 Å². The molecule has 146 valence electrons. The van der Waals surface area contributed by atoms with Gasteiger partial charge in [-0.05, 0) is 0 Å². The van der Waals surface area contributed by atoms with Crippen molar-refractivity contribution in [3.63, 3.8) is 0 Å². The topological polar surface area (TPSA) is 20.2 Å². The third-order valence-electron chi connectivity index (χ3n) is 6.14. The Hall–Kier alpha value is -0.262. The van der Waals surface area contributed by atoms with Crippen LogP contribution in [0.2, 0.25) is 15.6 Å². The van der Waals surface area contributed by atoms with Crippen molar-refractivity contribution in [2.45, 2.75) is 106 Å². The summed E-state index contributed by atoms with van der Waals surface area (Å²) >= 11 is -3.17. The molecule has 0 heterocycles. The van der Waals surface area contributed by atoms with E-state index in [0.717, 1.165) is 20.8 Å². The Morgan fingerprint density at radius 3 is 1.64 bits per heavy atom. The van der Waals surface area contributed by atoms with Crippen LogP contribution in [0.3, 0.4) is 0 Å². The van der Waals surface area contributed by atoms with E-state index in [2.05, 4.69) is 51.1 Å². The molecule has 0 amide bonds. The zero-order chi connectivity index (χ0) is 18.5. The molecule has 25 heavy (non-hydrogen) atoms. The van der Waals surface area contributed by atoms with E-state index in [0.29, 0.717) is 0 Å². The van der Waals surface area contributed by atoms with Crippen molar-refractivity contribution in [3.8, 4) is 0 Å². The van der Waals surface area contributed by atoms with Crippen LogP contribution in [0.1, 0.15) is 90.5 Å². The monoisotopic (exact) mass is 410 g/mol. The maximum absolute atomic E-state index is 11.7. The Morgan fingerprint density at radius 1 is 0.680 bits per heavy atom. The van der Waals surface area contributed by atoms with E-state index in [-0.39, 0.29) is 0 Å². The van der Waals surface area contributed by atoms with Crippen molar-refractivity contribution < 1.29 is 4.10 Å². The summed E-state index contributed by atoms with van der Waals surface area (Å²) in [6.07, 6.45) is 13.7. The molecule has 1 N–H and O–H groups in total. The molecule has 0 saturated carbocycles. The second kappa shape index (κ2) is 12.2. The van der Waals surface area contributed by atoms with Gasteiger partial charge >= 0.3 is 159 Å². The van der Waals surface area contributed by atoms with E-state index < -0.39 is 12.8 Å². The van der Waals surface area contributed by atoms with Crippen LogP contribution in [0.5, 0.6) is 0 Å². The predicted molar refractivity (Wildman–Crippen MR) is 116 cm³/mol. The van der Waals surface area contributed by atoms with Gasteiger partial charge in [0.15, 0.2) is 0 Å². The first-order valence-corrected chi connectivity index (χ1v) is 17.0. The number of unbranched alkanes of at least 4 members (excludes halogenated alkanes) is 9. The van der Waals surface area contributed by atoms with Gasteiger partial charge in [0, 0.05) is 0 Å². The van der Waals surface area contributed by atoms with Crippen LogP contribution in [0.25, 0.3) is 0 Å². The SMILES string of the molecule is CCCCCCCCCCCC[As](O)(CC)(CC)Cc1ccccc1. The van der Waals surface area contributed by atoms with Gasteiger partial charge in [0.05, 0.1) is 0 Å². The normalized spacial score (nSPS) is 13.5. The summed E-state index contributed by atoms with van der Waals surface area (Å²) in [7, 11) is 0. The Morgan fingerprint density at radius 2 is 1.16 bits per heavy atom. The summed E-state index contributed by atoms with van der Waals surface area (Å²) in [5, 5.41) is 4.10. The molecular formula is C23H43AsO. The Kier molecular flexibility index (Phi) is 11.1. The van der Waals surface area contributed by atoms with E-state index in [1.807, 2.05) is 0 Å². The van der Waals surface area contributed by atoms with Crippen LogP contribution < -0.4 is 0 Å². The molecule has 2 heteroatoms. The van der Waals surface area contributed by atoms with Crippen LogP contribution in [0, 0.1) is 0 Å². The van der Waals surface area contributed by atoms with E-state index in [1.54, 1.807) is 0 Å². The molecule has 0 unspecified atom stereocenters. The summed E-state index contributed by atoms with van der Waals surface area (Å²) in [6.45, 7) is 6.74. The summed E-state index contributed by atoms with van der Waals surface area (Å²) in [6, 6.07) is 10.7. The predicted octanol–water partition coefficient (Wildman–Crippen LogP) is 7.62. The van der Waals surface area contributed by atoms with Crippen molar-refractivity contribution >= 4 is 12.8 Å². The van der Waals surface area contributed by atoms with Gasteiger partial charge in [0.1, 0.15) is 0 Å². The summed E-state index contributed by atoms with van der Waals surface area (Å²) in [4.78, 5) is 0. The molecule has 0 bridgehead atoms. The van der Waals surface area contributed by atoms with E-state index >= 15 is 0 Å². The average Bonchev–Trinajstić information content (AvgIpc) is 2.64. The molecule has 0 aliphatic rings. The first kappa shape index (κ1) is 22.8. The number of hydrogen-bond acceptors (Lipinski definition) is 1. The van der Waals surface area contributed by atoms with Crippen molar-refractivity contribution in [1.82, 2.24) is 0 Å². The molecule has 1 aromatic carbocycles. The van der Waals surface area contributed by atoms with E-state index in [9.17, 15) is 4.10 Å². The first-order valence-electron chi connectivity index (χ1n) is 10.9. The fourth-order valence-corrected chi connectivity index (χ4v) is 12.0. The molecule has 0 fully saturated rings. The number of rotatable bonds is 15. The minimum absolute atomic E-state index is 0.962. The molecule has 1 aromatic rings. The minimum atomic E-state index is -3.17. The molecule has 0 aromatic heterocycles. The molecule has 0 spiro atoms. The molecule has 0 saturated heterocycles. The van der Waals surface area contributed by atoms with Gasteiger partial charge in [-0.3, -0.25) is 0 Å². The quantitative estimate of drug-likeness (QED) is 0.233. The van der Waals surface area contributed by atoms with E-state index in [4.69, 9.17) is 0 Å². The van der Waals surface area contributed by atoms with Gasteiger partial charge in [-0.1, -0.05) is 0 Å². The average molecular weight is 411 g/mol. The third kappa shape index (κ3) is 8.78. The standard InChI is InChI=1S/C23H43AsO/c1-4-7-8-9-10-11-12-13-14-18-21-24(25,5-2,6-3)22-23-19-16-15-17-20-23/h15-17,19-20,25H,4-14,18,21-22H2,1-3H3. The zero-order valence-electron chi connectivity index (χ0n) is 17.2. The molecule has 0 aliphatic carbocycles. The second-order valence-corrected chi connectivity index (χ2v) is 20.3. The van der Waals surface area contributed by atoms with Gasteiger partial charge in [-0.15, -0.1) is 0 Å². The third-order valence-corrected chi connectivity index (χ3v) is 18.5.